The smallest absolute Gasteiger partial charge is 0.227 e. The average molecular weight is 797 g/mol. The van der Waals surface area contributed by atoms with Gasteiger partial charge < -0.3 is 13.7 Å². The molecule has 0 radical (unpaired) electrons. The Morgan fingerprint density at radius 1 is 0.500 bits per heavy atom. The Morgan fingerprint density at radius 2 is 1.19 bits per heavy atom. The van der Waals surface area contributed by atoms with Crippen LogP contribution in [0.5, 0.6) is 0 Å². The van der Waals surface area contributed by atoms with Crippen LogP contribution in [0.3, 0.4) is 0 Å². The summed E-state index contributed by atoms with van der Waals surface area (Å²) in [6.45, 7) is 5.96. The standard InChI is InChI=1S/C58H40N2O2/c1-3-5-14-38(4-2)42-18-13-19-47(33-42)60(46-30-25-40(26-31-46)51-35-44-17-9-10-20-48(44)49-21-11-12-22-50(49)51)45-28-23-39(24-29-45)43-27-32-55-52(34-43)53-36-54-57(37-56(53)61-55)62-58(59-54)41-15-7-6-8-16-41/h3-37H,1H2,2H3/b14-5-,38-4+. The number of allylic oxidation sites excluding steroid dienone is 5. The first-order chi connectivity index (χ1) is 30.6. The highest BCUT2D eigenvalue weighted by Crippen LogP contribution is 2.41. The zero-order valence-electron chi connectivity index (χ0n) is 34.1. The van der Waals surface area contributed by atoms with Gasteiger partial charge in [0.2, 0.25) is 5.89 Å². The monoisotopic (exact) mass is 796 g/mol. The summed E-state index contributed by atoms with van der Waals surface area (Å²) < 4.78 is 12.5. The Hall–Kier alpha value is -8.21. The Kier molecular flexibility index (Phi) is 9.17. The zero-order valence-corrected chi connectivity index (χ0v) is 34.1. The number of aromatic nitrogens is 1. The predicted molar refractivity (Wildman–Crippen MR) is 260 cm³/mol. The van der Waals surface area contributed by atoms with E-state index in [9.17, 15) is 0 Å². The molecule has 2 aromatic heterocycles. The van der Waals surface area contributed by atoms with Crippen molar-refractivity contribution in [3.05, 3.63) is 225 Å². The van der Waals surface area contributed by atoms with E-state index in [0.717, 1.165) is 72.3 Å². The van der Waals surface area contributed by atoms with Gasteiger partial charge in [0.25, 0.3) is 0 Å². The number of hydrogen-bond acceptors (Lipinski definition) is 4. The summed E-state index contributed by atoms with van der Waals surface area (Å²) in [7, 11) is 0. The predicted octanol–water partition coefficient (Wildman–Crippen LogP) is 16.6. The first-order valence-electron chi connectivity index (χ1n) is 20.9. The molecule has 0 aliphatic carbocycles. The highest BCUT2D eigenvalue weighted by molar-refractivity contribution is 6.14. The molecule has 0 aliphatic rings. The molecular weight excluding hydrogens is 757 g/mol. The Balaban J connectivity index is 0.979. The molecule has 4 nitrogen and oxygen atoms in total. The lowest BCUT2D eigenvalue weighted by Gasteiger charge is -2.26. The summed E-state index contributed by atoms with van der Waals surface area (Å²) in [6, 6.07) is 66.6. The second-order valence-corrected chi connectivity index (χ2v) is 15.5. The maximum absolute atomic E-state index is 6.34. The normalized spacial score (nSPS) is 12.0. The second kappa shape index (κ2) is 15.4. The molecule has 0 saturated heterocycles. The highest BCUT2D eigenvalue weighted by Gasteiger charge is 2.18. The summed E-state index contributed by atoms with van der Waals surface area (Å²) in [5.41, 5.74) is 14.1. The van der Waals surface area contributed by atoms with Gasteiger partial charge in [-0.1, -0.05) is 140 Å². The van der Waals surface area contributed by atoms with E-state index >= 15 is 0 Å². The lowest BCUT2D eigenvalue weighted by Crippen LogP contribution is -2.10. The van der Waals surface area contributed by atoms with Crippen LogP contribution in [0.1, 0.15) is 12.5 Å². The quantitative estimate of drug-likeness (QED) is 0.108. The van der Waals surface area contributed by atoms with Crippen LogP contribution in [-0.2, 0) is 0 Å². The molecule has 0 aliphatic heterocycles. The first-order valence-corrected chi connectivity index (χ1v) is 20.9. The van der Waals surface area contributed by atoms with Crippen LogP contribution in [0, 0.1) is 0 Å². The van der Waals surface area contributed by atoms with Crippen molar-refractivity contribution in [2.45, 2.75) is 6.92 Å². The summed E-state index contributed by atoms with van der Waals surface area (Å²) in [4.78, 5) is 7.16. The Labute approximate surface area is 359 Å². The number of rotatable bonds is 9. The van der Waals surface area contributed by atoms with Crippen molar-refractivity contribution in [3.63, 3.8) is 0 Å². The maximum atomic E-state index is 6.34. The van der Waals surface area contributed by atoms with Gasteiger partial charge in [0.15, 0.2) is 5.58 Å². The van der Waals surface area contributed by atoms with E-state index in [1.807, 2.05) is 48.6 Å². The van der Waals surface area contributed by atoms with E-state index in [4.69, 9.17) is 13.8 Å². The number of furan rings is 1. The number of oxazole rings is 1. The van der Waals surface area contributed by atoms with E-state index < -0.39 is 0 Å². The molecule has 4 heteroatoms. The van der Waals surface area contributed by atoms with Crippen LogP contribution in [0.15, 0.2) is 228 Å². The SMILES string of the molecule is C=C/C=C\C(=C/C)c1cccc(N(c2ccc(-c3ccc4oc5cc6oc(-c7ccccc7)nc6cc5c4c3)cc2)c2ccc(-c3cc4ccccc4c4ccccc34)cc2)c1. The van der Waals surface area contributed by atoms with E-state index in [-0.39, 0.29) is 0 Å². The van der Waals surface area contributed by atoms with Crippen molar-refractivity contribution in [3.8, 4) is 33.7 Å². The molecule has 294 valence electrons. The van der Waals surface area contributed by atoms with E-state index in [1.54, 1.807) is 0 Å². The van der Waals surface area contributed by atoms with Gasteiger partial charge >= 0.3 is 0 Å². The molecule has 0 fully saturated rings. The van der Waals surface area contributed by atoms with Crippen LogP contribution in [0.4, 0.5) is 17.1 Å². The van der Waals surface area contributed by atoms with Crippen molar-refractivity contribution in [1.29, 1.82) is 0 Å². The molecule has 0 spiro atoms. The third-order valence-corrected chi connectivity index (χ3v) is 11.8. The fraction of sp³-hybridized carbons (Fsp3) is 0.0172. The van der Waals surface area contributed by atoms with Crippen molar-refractivity contribution in [2.75, 3.05) is 4.90 Å². The van der Waals surface area contributed by atoms with Gasteiger partial charge in [0.1, 0.15) is 16.7 Å². The van der Waals surface area contributed by atoms with Crippen LogP contribution < -0.4 is 4.90 Å². The molecule has 0 saturated carbocycles. The molecule has 0 amide bonds. The summed E-state index contributed by atoms with van der Waals surface area (Å²) in [6.07, 6.45) is 8.03. The molecule has 11 aromatic rings. The van der Waals surface area contributed by atoms with E-state index in [2.05, 4.69) is 182 Å². The molecule has 0 unspecified atom stereocenters. The van der Waals surface area contributed by atoms with Crippen LogP contribution in [0.2, 0.25) is 0 Å². The molecule has 0 atom stereocenters. The highest BCUT2D eigenvalue weighted by atomic mass is 16.4. The van der Waals surface area contributed by atoms with Gasteiger partial charge in [-0.05, 0) is 135 Å². The van der Waals surface area contributed by atoms with Crippen molar-refractivity contribution < 1.29 is 8.83 Å². The molecule has 9 aromatic carbocycles. The average Bonchev–Trinajstić information content (AvgIpc) is 3.92. The van der Waals surface area contributed by atoms with Gasteiger partial charge in [-0.3, -0.25) is 0 Å². The fourth-order valence-electron chi connectivity index (χ4n) is 8.77. The lowest BCUT2D eigenvalue weighted by atomic mass is 9.93. The van der Waals surface area contributed by atoms with Gasteiger partial charge in [-0.2, -0.15) is 0 Å². The number of hydrogen-bond donors (Lipinski definition) is 0. The third kappa shape index (κ3) is 6.55. The van der Waals surface area contributed by atoms with Gasteiger partial charge in [-0.15, -0.1) is 0 Å². The second-order valence-electron chi connectivity index (χ2n) is 15.5. The summed E-state index contributed by atoms with van der Waals surface area (Å²) in [5, 5.41) is 7.06. The number of benzene rings is 9. The summed E-state index contributed by atoms with van der Waals surface area (Å²) in [5.74, 6) is 0.598. The number of fused-ring (bicyclic) bond motifs is 7. The molecule has 2 heterocycles. The van der Waals surface area contributed by atoms with Crippen LogP contribution >= 0.6 is 0 Å². The number of nitrogens with zero attached hydrogens (tertiary/aromatic N) is 2. The van der Waals surface area contributed by atoms with Gasteiger partial charge in [-0.25, -0.2) is 4.98 Å². The van der Waals surface area contributed by atoms with E-state index in [0.29, 0.717) is 11.5 Å². The number of anilines is 3. The van der Waals surface area contributed by atoms with Crippen LogP contribution in [0.25, 0.3) is 93.9 Å². The molecule has 62 heavy (non-hydrogen) atoms. The van der Waals surface area contributed by atoms with Crippen molar-refractivity contribution >= 4 is 77.2 Å². The third-order valence-electron chi connectivity index (χ3n) is 11.8. The molecule has 11 rings (SSSR count). The minimum atomic E-state index is 0.598. The van der Waals surface area contributed by atoms with Gasteiger partial charge in [0, 0.05) is 39.5 Å². The first kappa shape index (κ1) is 36.8. The summed E-state index contributed by atoms with van der Waals surface area (Å²) >= 11 is 0. The van der Waals surface area contributed by atoms with Crippen molar-refractivity contribution in [1.82, 2.24) is 4.98 Å². The fourth-order valence-corrected chi connectivity index (χ4v) is 8.77. The zero-order chi connectivity index (χ0) is 41.6. The minimum Gasteiger partial charge on any atom is -0.456 e. The molecular formula is C58H40N2O2. The molecule has 0 bridgehead atoms. The van der Waals surface area contributed by atoms with Crippen molar-refractivity contribution in [2.24, 2.45) is 0 Å². The Morgan fingerprint density at radius 3 is 1.97 bits per heavy atom. The largest absolute Gasteiger partial charge is 0.456 e. The topological polar surface area (TPSA) is 42.4 Å². The minimum absolute atomic E-state index is 0.598. The van der Waals surface area contributed by atoms with E-state index in [1.165, 1.54) is 32.7 Å². The lowest BCUT2D eigenvalue weighted by molar-refractivity contribution is 0.617. The Bertz CT molecular complexity index is 3530. The molecule has 0 N–H and O–H groups in total. The van der Waals surface area contributed by atoms with Gasteiger partial charge in [0.05, 0.1) is 0 Å². The maximum Gasteiger partial charge on any atom is 0.227 e. The van der Waals surface area contributed by atoms with Crippen LogP contribution in [-0.4, -0.2) is 4.98 Å².